The number of ether oxygens (including phenoxy) is 2. The first-order valence-electron chi connectivity index (χ1n) is 19.8. The second kappa shape index (κ2) is 23.2. The highest BCUT2D eigenvalue weighted by atomic mass is 35.5. The average Bonchev–Trinajstić information content (AvgIpc) is 3.34. The second-order valence-corrected chi connectivity index (χ2v) is 13.7. The maximum atomic E-state index is 8.85. The highest BCUT2D eigenvalue weighted by molar-refractivity contribution is 6.59. The second-order valence-electron chi connectivity index (χ2n) is 13.4. The van der Waals surface area contributed by atoms with E-state index >= 15 is 0 Å². The molecule has 8 rings (SSSR count). The van der Waals surface area contributed by atoms with Gasteiger partial charge in [-0.05, 0) is 78.3 Å². The number of pyridine rings is 2. The van der Waals surface area contributed by atoms with Crippen molar-refractivity contribution in [1.82, 2.24) is 29.9 Å². The number of nitrogens with one attached hydrogen (secondary N) is 4. The Morgan fingerprint density at radius 3 is 1.56 bits per heavy atom. The molecule has 64 heavy (non-hydrogen) atoms. The number of nitriles is 2. The molecule has 4 aromatic carbocycles. The minimum Gasteiger partial charge on any atom is -0.497 e. The van der Waals surface area contributed by atoms with Crippen molar-refractivity contribution in [1.29, 1.82) is 10.5 Å². The van der Waals surface area contributed by atoms with Crippen LogP contribution in [0.15, 0.2) is 134 Å². The van der Waals surface area contributed by atoms with Gasteiger partial charge < -0.3 is 40.8 Å². The summed E-state index contributed by atoms with van der Waals surface area (Å²) in [6.07, 6.45) is 3.08. The van der Waals surface area contributed by atoms with E-state index in [9.17, 15) is 0 Å². The van der Waals surface area contributed by atoms with Gasteiger partial charge in [0.2, 0.25) is 5.28 Å². The summed E-state index contributed by atoms with van der Waals surface area (Å²) in [5.41, 5.74) is 3.96. The summed E-state index contributed by atoms with van der Waals surface area (Å²) in [6, 6.07) is 41.2. The van der Waals surface area contributed by atoms with Crippen molar-refractivity contribution in [2.45, 2.75) is 0 Å². The van der Waals surface area contributed by atoms with Crippen LogP contribution >= 0.6 is 11.6 Å². The lowest BCUT2D eigenvalue weighted by Crippen LogP contribution is -2.30. The van der Waals surface area contributed by atoms with Gasteiger partial charge >= 0.3 is 7.12 Å². The quantitative estimate of drug-likeness (QED) is 0.0387. The van der Waals surface area contributed by atoms with E-state index in [0.29, 0.717) is 60.2 Å². The molecule has 18 heteroatoms. The van der Waals surface area contributed by atoms with E-state index in [1.807, 2.05) is 78.9 Å². The molecule has 6 N–H and O–H groups in total. The molecule has 16 nitrogen and oxygen atoms in total. The van der Waals surface area contributed by atoms with Crippen LogP contribution < -0.4 is 36.2 Å². The van der Waals surface area contributed by atoms with Crippen LogP contribution in [-0.2, 0) is 0 Å². The average molecular weight is 873 g/mol. The summed E-state index contributed by atoms with van der Waals surface area (Å²) in [4.78, 5) is 26.3. The fourth-order valence-corrected chi connectivity index (χ4v) is 6.27. The minimum atomic E-state index is -1.47. The van der Waals surface area contributed by atoms with E-state index in [1.165, 1.54) is 13.3 Å². The molecule has 320 valence electrons. The van der Waals surface area contributed by atoms with Gasteiger partial charge in [0.1, 0.15) is 46.9 Å². The molecule has 0 saturated heterocycles. The van der Waals surface area contributed by atoms with Crippen LogP contribution in [0.4, 0.5) is 23.3 Å². The minimum absolute atomic E-state index is 0.216. The lowest BCUT2D eigenvalue weighted by atomic mass is 9.80. The molecular formula is C46H42BClN12O4. The zero-order valence-electron chi connectivity index (χ0n) is 34.8. The first kappa shape index (κ1) is 45.4. The molecule has 0 aliphatic heterocycles. The van der Waals surface area contributed by atoms with Crippen molar-refractivity contribution in [2.75, 3.05) is 61.7 Å². The number of aromatic nitrogens is 6. The van der Waals surface area contributed by atoms with E-state index in [0.717, 1.165) is 50.6 Å². The van der Waals surface area contributed by atoms with Crippen molar-refractivity contribution < 1.29 is 19.5 Å². The Labute approximate surface area is 374 Å². The zero-order valence-corrected chi connectivity index (χ0v) is 35.5. The Balaban J connectivity index is 0.000000176. The van der Waals surface area contributed by atoms with Crippen molar-refractivity contribution in [2.24, 2.45) is 0 Å². The van der Waals surface area contributed by atoms with E-state index < -0.39 is 7.12 Å². The number of hydrogen-bond donors (Lipinski definition) is 6. The summed E-state index contributed by atoms with van der Waals surface area (Å²) in [5, 5.41) is 50.3. The fourth-order valence-electron chi connectivity index (χ4n) is 6.10. The van der Waals surface area contributed by atoms with Gasteiger partial charge in [0.05, 0.1) is 41.9 Å². The number of anilines is 4. The standard InChI is InChI=1S/C23H20N6O.C16H13ClN6.C7H9BO3/c1-30-20-9-5-3-7-18(20)23-28-19-8-4-2-6-17(19)22(29-23)26-13-12-25-21-11-10-16(14-24)15-27-21;17-16-22-13-4-2-1-3-12(13)15(23-16)20-8-7-19-14-6-5-11(9-18)10-21-14;1-11-7-5-3-2-4-6(7)8(9)10/h2-11,15H,12-13H2,1H3,(H,25,27)(H,26,28,29);1-6,10H,7-8H2,(H,19,21)(H,20,22,23);2-5,9-10H,1H3. The van der Waals surface area contributed by atoms with Crippen LogP contribution in [0.5, 0.6) is 11.5 Å². The predicted octanol–water partition coefficient (Wildman–Crippen LogP) is 6.54. The summed E-state index contributed by atoms with van der Waals surface area (Å²) >= 11 is 5.95. The Kier molecular flexibility index (Phi) is 16.5. The maximum Gasteiger partial charge on any atom is 0.492 e. The molecule has 0 amide bonds. The van der Waals surface area contributed by atoms with Gasteiger partial charge in [0, 0.05) is 54.8 Å². The molecule has 0 fully saturated rings. The van der Waals surface area contributed by atoms with Gasteiger partial charge in [-0.2, -0.15) is 10.5 Å². The number of nitrogens with zero attached hydrogens (tertiary/aromatic N) is 8. The molecule has 0 spiro atoms. The lowest BCUT2D eigenvalue weighted by Gasteiger charge is -2.13. The van der Waals surface area contributed by atoms with Crippen LogP contribution in [-0.4, -0.2) is 87.5 Å². The number of methoxy groups -OCH3 is 2. The summed E-state index contributed by atoms with van der Waals surface area (Å²) < 4.78 is 10.4. The van der Waals surface area contributed by atoms with Gasteiger partial charge in [-0.3, -0.25) is 0 Å². The monoisotopic (exact) mass is 872 g/mol. The van der Waals surface area contributed by atoms with Gasteiger partial charge in [0.25, 0.3) is 0 Å². The molecule has 0 atom stereocenters. The van der Waals surface area contributed by atoms with Gasteiger partial charge in [0.15, 0.2) is 5.82 Å². The highest BCUT2D eigenvalue weighted by Gasteiger charge is 2.15. The predicted molar refractivity (Wildman–Crippen MR) is 251 cm³/mol. The molecule has 4 aromatic heterocycles. The van der Waals surface area contributed by atoms with Crippen LogP contribution in [0.1, 0.15) is 11.1 Å². The Morgan fingerprint density at radius 1 is 0.562 bits per heavy atom. The topological polar surface area (TPSA) is 232 Å². The van der Waals surface area contributed by atoms with Gasteiger partial charge in [-0.1, -0.05) is 54.6 Å². The van der Waals surface area contributed by atoms with Crippen LogP contribution in [0.25, 0.3) is 33.2 Å². The third-order valence-corrected chi connectivity index (χ3v) is 9.35. The number of benzene rings is 4. The Hall–Kier alpha value is -8.09. The fraction of sp³-hybridized carbons (Fsp3) is 0.130. The van der Waals surface area contributed by atoms with Gasteiger partial charge in [-0.15, -0.1) is 0 Å². The Bertz CT molecular complexity index is 2860. The van der Waals surface area contributed by atoms with Crippen molar-refractivity contribution in [3.05, 3.63) is 150 Å². The van der Waals surface area contributed by atoms with Crippen molar-refractivity contribution >= 4 is 69.3 Å². The molecule has 0 aliphatic rings. The molecule has 0 unspecified atom stereocenters. The lowest BCUT2D eigenvalue weighted by molar-refractivity contribution is 0.403. The third kappa shape index (κ3) is 12.5. The summed E-state index contributed by atoms with van der Waals surface area (Å²) in [5.74, 6) is 4.73. The normalized spacial score (nSPS) is 10.2. The van der Waals surface area contributed by atoms with Crippen LogP contribution in [0, 0.1) is 22.7 Å². The largest absolute Gasteiger partial charge is 0.497 e. The smallest absolute Gasteiger partial charge is 0.492 e. The molecule has 8 aromatic rings. The first-order valence-corrected chi connectivity index (χ1v) is 20.2. The van der Waals surface area contributed by atoms with Crippen LogP contribution in [0.3, 0.4) is 0 Å². The van der Waals surface area contributed by atoms with E-state index in [1.54, 1.807) is 61.8 Å². The van der Waals surface area contributed by atoms with Crippen molar-refractivity contribution in [3.63, 3.8) is 0 Å². The Morgan fingerprint density at radius 2 is 1.05 bits per heavy atom. The third-order valence-electron chi connectivity index (χ3n) is 9.18. The molecule has 0 bridgehead atoms. The van der Waals surface area contributed by atoms with E-state index in [-0.39, 0.29) is 5.28 Å². The SMILES string of the molecule is COc1ccccc1-c1nc(NCCNc2ccc(C#N)cn2)c2ccccc2n1.COc1ccccc1B(O)O.N#Cc1ccc(NCCNc2nc(Cl)nc3ccccc23)nc1. The molecular weight excluding hydrogens is 831 g/mol. The number of rotatable bonds is 14. The number of para-hydroxylation sites is 4. The number of halogens is 1. The first-order chi connectivity index (χ1) is 31.3. The molecule has 0 aliphatic carbocycles. The highest BCUT2D eigenvalue weighted by Crippen LogP contribution is 2.30. The molecule has 4 heterocycles. The number of hydrogen-bond acceptors (Lipinski definition) is 16. The summed E-state index contributed by atoms with van der Waals surface area (Å²) in [7, 11) is 1.66. The molecule has 0 saturated carbocycles. The van der Waals surface area contributed by atoms with Crippen LogP contribution in [0.2, 0.25) is 5.28 Å². The molecule has 0 radical (unpaired) electrons. The number of fused-ring (bicyclic) bond motifs is 2. The zero-order chi connectivity index (χ0) is 45.1. The maximum absolute atomic E-state index is 8.85. The summed E-state index contributed by atoms with van der Waals surface area (Å²) in [6.45, 7) is 2.56. The van der Waals surface area contributed by atoms with E-state index in [4.69, 9.17) is 51.6 Å². The van der Waals surface area contributed by atoms with E-state index in [2.05, 4.69) is 47.3 Å². The van der Waals surface area contributed by atoms with Gasteiger partial charge in [-0.25, -0.2) is 29.9 Å². The van der Waals surface area contributed by atoms with Crippen molar-refractivity contribution in [3.8, 4) is 35.0 Å².